The van der Waals surface area contributed by atoms with Gasteiger partial charge in [-0.25, -0.2) is 4.98 Å². The molecule has 0 saturated carbocycles. The van der Waals surface area contributed by atoms with Crippen molar-refractivity contribution in [3.63, 3.8) is 0 Å². The first-order chi connectivity index (χ1) is 9.09. The summed E-state index contributed by atoms with van der Waals surface area (Å²) in [4.78, 5) is 7.35. The first kappa shape index (κ1) is 11.9. The maximum absolute atomic E-state index is 6.04. The first-order valence-electron chi connectivity index (χ1n) is 6.02. The van der Waals surface area contributed by atoms with Crippen LogP contribution in [0.25, 0.3) is 16.7 Å². The fourth-order valence-electron chi connectivity index (χ4n) is 2.41. The number of aryl methyl sites for hydroxylation is 1. The second-order valence-corrected chi connectivity index (χ2v) is 4.92. The lowest BCUT2D eigenvalue weighted by atomic mass is 10.2. The molecule has 1 aromatic carbocycles. The molecule has 96 valence electrons. The number of H-pyrrole nitrogens is 1. The van der Waals surface area contributed by atoms with Crippen LogP contribution in [0, 0.1) is 18.6 Å². The maximum Gasteiger partial charge on any atom is 0.200 e. The molecule has 0 saturated heterocycles. The molecule has 0 aliphatic carbocycles. The van der Waals surface area contributed by atoms with Crippen molar-refractivity contribution in [1.82, 2.24) is 14.5 Å². The number of nitrogens with two attached hydrogens (primary N) is 1. The second-order valence-electron chi connectivity index (χ2n) is 4.54. The molecular weight excluding hydrogens is 256 g/mol. The third-order valence-electron chi connectivity index (χ3n) is 3.42. The molecule has 0 aliphatic heterocycles. The highest BCUT2D eigenvalue weighted by atomic mass is 32.1. The predicted octanol–water partition coefficient (Wildman–Crippen LogP) is 3.28. The maximum atomic E-state index is 6.04. The highest BCUT2D eigenvalue weighted by molar-refractivity contribution is 7.71. The van der Waals surface area contributed by atoms with E-state index in [0.29, 0.717) is 10.6 Å². The van der Waals surface area contributed by atoms with Gasteiger partial charge in [0.2, 0.25) is 0 Å². The Balaban J connectivity index is 2.50. The number of anilines is 1. The van der Waals surface area contributed by atoms with Crippen LogP contribution >= 0.6 is 12.2 Å². The van der Waals surface area contributed by atoms with Gasteiger partial charge in [0.05, 0.1) is 5.39 Å². The number of nitrogens with zero attached hydrogens (tertiary/aromatic N) is 2. The van der Waals surface area contributed by atoms with E-state index in [-0.39, 0.29) is 0 Å². The summed E-state index contributed by atoms with van der Waals surface area (Å²) in [6.45, 7) is 4.11. The number of nitrogen functional groups attached to an aromatic ring is 1. The van der Waals surface area contributed by atoms with Crippen LogP contribution < -0.4 is 5.73 Å². The molecule has 0 fully saturated rings. The van der Waals surface area contributed by atoms with Crippen LogP contribution in [0.15, 0.2) is 30.3 Å². The summed E-state index contributed by atoms with van der Waals surface area (Å²) in [6.07, 6.45) is 0. The molecule has 0 unspecified atom stereocenters. The third kappa shape index (κ3) is 1.74. The van der Waals surface area contributed by atoms with Gasteiger partial charge in [-0.2, -0.15) is 0 Å². The fourth-order valence-corrected chi connectivity index (χ4v) is 2.61. The molecule has 0 radical (unpaired) electrons. The van der Waals surface area contributed by atoms with Gasteiger partial charge in [0.25, 0.3) is 0 Å². The molecule has 0 amide bonds. The first-order valence-corrected chi connectivity index (χ1v) is 6.43. The van der Waals surface area contributed by atoms with E-state index in [2.05, 4.69) is 21.5 Å². The largest absolute Gasteiger partial charge is 0.385 e. The molecule has 2 aromatic heterocycles. The number of fused-ring (bicyclic) bond motifs is 1. The van der Waals surface area contributed by atoms with Crippen molar-refractivity contribution in [2.75, 3.05) is 5.73 Å². The van der Waals surface area contributed by atoms with E-state index in [1.54, 1.807) is 0 Å². The average Bonchev–Trinajstić information content (AvgIpc) is 2.63. The van der Waals surface area contributed by atoms with Crippen molar-refractivity contribution in [1.29, 1.82) is 0 Å². The number of nitrogens with one attached hydrogen (secondary N) is 1. The Morgan fingerprint density at radius 2 is 1.89 bits per heavy atom. The van der Waals surface area contributed by atoms with Crippen molar-refractivity contribution >= 4 is 29.1 Å². The molecule has 19 heavy (non-hydrogen) atoms. The van der Waals surface area contributed by atoms with Crippen LogP contribution in [0.3, 0.4) is 0 Å². The van der Waals surface area contributed by atoms with E-state index in [0.717, 1.165) is 28.0 Å². The monoisotopic (exact) mass is 270 g/mol. The van der Waals surface area contributed by atoms with E-state index < -0.39 is 0 Å². The minimum absolute atomic E-state index is 0.402. The van der Waals surface area contributed by atoms with Crippen molar-refractivity contribution in [2.24, 2.45) is 0 Å². The standard InChI is InChI=1S/C14H14N4S/c1-8-9(2)18(10-6-4-3-5-7-10)13-11(8)12(15)16-14(19)17-13/h3-7H,1-2H3,(H3,15,16,17,19). The van der Waals surface area contributed by atoms with Crippen LogP contribution in [0.2, 0.25) is 0 Å². The quantitative estimate of drug-likeness (QED) is 0.667. The zero-order valence-corrected chi connectivity index (χ0v) is 11.6. The molecule has 5 heteroatoms. The van der Waals surface area contributed by atoms with Crippen LogP contribution in [0.5, 0.6) is 0 Å². The van der Waals surface area contributed by atoms with E-state index in [9.17, 15) is 0 Å². The van der Waals surface area contributed by atoms with E-state index in [1.807, 2.05) is 37.3 Å². The van der Waals surface area contributed by atoms with Crippen LogP contribution in [-0.4, -0.2) is 14.5 Å². The van der Waals surface area contributed by atoms with Crippen LogP contribution in [0.1, 0.15) is 11.3 Å². The molecular formula is C14H14N4S. The third-order valence-corrected chi connectivity index (χ3v) is 3.61. The Hall–Kier alpha value is -2.14. The van der Waals surface area contributed by atoms with Crippen molar-refractivity contribution in [3.05, 3.63) is 46.4 Å². The molecule has 0 atom stereocenters. The summed E-state index contributed by atoms with van der Waals surface area (Å²) in [5, 5.41) is 0.940. The Bertz CT molecular complexity index is 815. The van der Waals surface area contributed by atoms with Gasteiger partial charge < -0.3 is 10.7 Å². The predicted molar refractivity (Wildman–Crippen MR) is 80.1 cm³/mol. The van der Waals surface area contributed by atoms with E-state index >= 15 is 0 Å². The van der Waals surface area contributed by atoms with E-state index in [1.165, 1.54) is 0 Å². The number of hydrogen-bond acceptors (Lipinski definition) is 3. The average molecular weight is 270 g/mol. The zero-order chi connectivity index (χ0) is 13.6. The number of aromatic amines is 1. The highest BCUT2D eigenvalue weighted by Crippen LogP contribution is 2.29. The molecule has 0 bridgehead atoms. The van der Waals surface area contributed by atoms with Gasteiger partial charge in [0, 0.05) is 11.4 Å². The minimum Gasteiger partial charge on any atom is -0.385 e. The van der Waals surface area contributed by atoms with E-state index in [4.69, 9.17) is 18.0 Å². The second kappa shape index (κ2) is 4.20. The number of hydrogen-bond donors (Lipinski definition) is 2. The normalized spacial score (nSPS) is 11.1. The van der Waals surface area contributed by atoms with Crippen molar-refractivity contribution < 1.29 is 0 Å². The Morgan fingerprint density at radius 3 is 2.58 bits per heavy atom. The molecule has 2 heterocycles. The topological polar surface area (TPSA) is 59.6 Å². The minimum atomic E-state index is 0.402. The number of para-hydroxylation sites is 1. The van der Waals surface area contributed by atoms with Gasteiger partial charge in [-0.1, -0.05) is 18.2 Å². The summed E-state index contributed by atoms with van der Waals surface area (Å²) < 4.78 is 2.49. The lowest BCUT2D eigenvalue weighted by molar-refractivity contribution is 1.01. The molecule has 0 spiro atoms. The Labute approximate surface area is 115 Å². The summed E-state index contributed by atoms with van der Waals surface area (Å²) in [7, 11) is 0. The lowest BCUT2D eigenvalue weighted by Crippen LogP contribution is -1.99. The van der Waals surface area contributed by atoms with Gasteiger partial charge >= 0.3 is 0 Å². The summed E-state index contributed by atoms with van der Waals surface area (Å²) in [5.74, 6) is 0.574. The zero-order valence-electron chi connectivity index (χ0n) is 10.8. The Kier molecular flexibility index (Phi) is 2.64. The van der Waals surface area contributed by atoms with Gasteiger partial charge in [-0.15, -0.1) is 0 Å². The van der Waals surface area contributed by atoms with Crippen molar-refractivity contribution in [3.8, 4) is 5.69 Å². The van der Waals surface area contributed by atoms with Gasteiger partial charge in [-0.05, 0) is 43.8 Å². The number of aromatic nitrogens is 3. The SMILES string of the molecule is Cc1c(C)n(-c2ccccc2)c2nc(=S)[nH]c(N)c12. The van der Waals surface area contributed by atoms with Gasteiger partial charge in [-0.3, -0.25) is 4.57 Å². The molecule has 0 aliphatic rings. The van der Waals surface area contributed by atoms with Crippen LogP contribution in [0.4, 0.5) is 5.82 Å². The number of benzene rings is 1. The molecule has 3 aromatic rings. The van der Waals surface area contributed by atoms with Crippen molar-refractivity contribution in [2.45, 2.75) is 13.8 Å². The summed E-state index contributed by atoms with van der Waals surface area (Å²) >= 11 is 5.13. The number of rotatable bonds is 1. The van der Waals surface area contributed by atoms with Gasteiger partial charge in [0.1, 0.15) is 5.82 Å². The highest BCUT2D eigenvalue weighted by Gasteiger charge is 2.16. The van der Waals surface area contributed by atoms with Gasteiger partial charge in [0.15, 0.2) is 10.4 Å². The summed E-state index contributed by atoms with van der Waals surface area (Å²) in [6, 6.07) is 10.1. The molecule has 3 rings (SSSR count). The lowest BCUT2D eigenvalue weighted by Gasteiger charge is -2.07. The smallest absolute Gasteiger partial charge is 0.200 e. The Morgan fingerprint density at radius 1 is 1.21 bits per heavy atom. The molecule has 3 N–H and O–H groups in total. The summed E-state index contributed by atoms with van der Waals surface area (Å²) in [5.41, 5.74) is 10.2. The molecule has 4 nitrogen and oxygen atoms in total. The fraction of sp³-hybridized carbons (Fsp3) is 0.143. The van der Waals surface area contributed by atoms with Crippen LogP contribution in [-0.2, 0) is 0 Å².